The van der Waals surface area contributed by atoms with E-state index in [1.165, 1.54) is 0 Å². The third kappa shape index (κ3) is 848. The summed E-state index contributed by atoms with van der Waals surface area (Å²) in [6.07, 6.45) is 0. The summed E-state index contributed by atoms with van der Waals surface area (Å²) in [7, 11) is 0. The van der Waals surface area contributed by atoms with E-state index < -0.39 is 0 Å². The molecular weight excluding hydrogens is 514 g/mol. The van der Waals surface area contributed by atoms with Gasteiger partial charge in [0.2, 0.25) is 0 Å². The first-order valence-electron chi connectivity index (χ1n) is 0. The normalized spacial score (nSPS) is 0. The van der Waals surface area contributed by atoms with Crippen molar-refractivity contribution in [2.45, 2.75) is 0 Å². The molecule has 0 rings (SSSR count). The van der Waals surface area contributed by atoms with Crippen molar-refractivity contribution < 1.29 is 183 Å². The summed E-state index contributed by atoms with van der Waals surface area (Å²) in [5.41, 5.74) is 0. The first kappa shape index (κ1) is 1090. The van der Waals surface area contributed by atoms with Gasteiger partial charge in [0.25, 0.3) is 0 Å². The van der Waals surface area contributed by atoms with Gasteiger partial charge in [-0.1, -0.05) is 0 Å². The Morgan fingerprint density at radius 2 is 0.105 bits per heavy atom. The van der Waals surface area contributed by atoms with E-state index >= 15 is 0 Å². The van der Waals surface area contributed by atoms with Crippen LogP contribution in [-0.2, 0) is 111 Å². The van der Waals surface area contributed by atoms with Crippen molar-refractivity contribution >= 4 is 0 Å². The molecule has 0 fully saturated rings. The SMILES string of the molecule is O.O.O.O.O.O.O.O.O.O.O.O.O.[V].[V].[V].[V].[V].[V]. The van der Waals surface area contributed by atoms with Crippen molar-refractivity contribution in [1.82, 2.24) is 0 Å². The Kier molecular flexibility index (Phi) is 53700. The second kappa shape index (κ2) is 940. The van der Waals surface area contributed by atoms with Gasteiger partial charge >= 0.3 is 0 Å². The second-order valence-corrected chi connectivity index (χ2v) is 0. The van der Waals surface area contributed by atoms with Gasteiger partial charge in [-0.05, 0) is 0 Å². The summed E-state index contributed by atoms with van der Waals surface area (Å²) >= 11 is 0. The van der Waals surface area contributed by atoms with E-state index in [9.17, 15) is 0 Å². The van der Waals surface area contributed by atoms with E-state index in [0.717, 1.165) is 0 Å². The van der Waals surface area contributed by atoms with Crippen molar-refractivity contribution in [1.29, 1.82) is 0 Å². The Bertz CT molecular complexity index is 17.1. The van der Waals surface area contributed by atoms with Crippen LogP contribution in [0.1, 0.15) is 0 Å². The van der Waals surface area contributed by atoms with E-state index in [-0.39, 0.29) is 183 Å². The zero-order valence-electron chi connectivity index (χ0n) is 9.18. The standard InChI is InChI=1S/13H2O.6V/h13*1H2;;;;;;. The molecule has 0 aromatic rings. The van der Waals surface area contributed by atoms with E-state index in [1.54, 1.807) is 0 Å². The predicted molar refractivity (Wildman–Crippen MR) is 47.0 cm³/mol. The predicted octanol–water partition coefficient (Wildman–Crippen LogP) is -10.7. The van der Waals surface area contributed by atoms with Crippen molar-refractivity contribution in [2.24, 2.45) is 0 Å². The molecule has 19 heteroatoms. The fourth-order valence-corrected chi connectivity index (χ4v) is 0. The molecule has 0 saturated heterocycles. The molecule has 0 heterocycles. The van der Waals surface area contributed by atoms with Crippen LogP contribution in [0.15, 0.2) is 0 Å². The molecule has 0 saturated carbocycles. The van der Waals surface area contributed by atoms with Gasteiger partial charge < -0.3 is 71.2 Å². The molecule has 0 aliphatic carbocycles. The third-order valence-electron chi connectivity index (χ3n) is 0. The molecule has 0 aromatic heterocycles. The summed E-state index contributed by atoms with van der Waals surface area (Å²) in [5, 5.41) is 0. The molecule has 0 unspecified atom stereocenters. The molecule has 13 nitrogen and oxygen atoms in total. The van der Waals surface area contributed by atoms with Gasteiger partial charge in [0.15, 0.2) is 0 Å². The van der Waals surface area contributed by atoms with E-state index in [1.807, 2.05) is 0 Å². The number of hydrogen-bond donors (Lipinski definition) is 0. The molecule has 19 heavy (non-hydrogen) atoms. The van der Waals surface area contributed by atoms with Crippen LogP contribution >= 0.6 is 0 Å². The molecule has 0 aromatic carbocycles. The third-order valence-corrected chi connectivity index (χ3v) is 0. The van der Waals surface area contributed by atoms with Crippen LogP contribution in [0.3, 0.4) is 0 Å². The van der Waals surface area contributed by atoms with Crippen LogP contribution in [0.2, 0.25) is 0 Å². The van der Waals surface area contributed by atoms with Gasteiger partial charge in [-0.15, -0.1) is 0 Å². The molecular formula is H26O13V6. The van der Waals surface area contributed by atoms with Gasteiger partial charge in [0.1, 0.15) is 0 Å². The van der Waals surface area contributed by atoms with Crippen molar-refractivity contribution in [2.75, 3.05) is 0 Å². The molecule has 0 spiro atoms. The fourth-order valence-electron chi connectivity index (χ4n) is 0. The van der Waals surface area contributed by atoms with Gasteiger partial charge in [-0.3, -0.25) is 0 Å². The number of rotatable bonds is 0. The van der Waals surface area contributed by atoms with Crippen LogP contribution in [0.4, 0.5) is 0 Å². The molecule has 0 bridgehead atoms. The molecule has 0 aliphatic rings. The maximum Gasteiger partial charge on any atom is 0 e. The molecule has 0 amide bonds. The molecule has 26 N–H and O–H groups in total. The van der Waals surface area contributed by atoms with Crippen molar-refractivity contribution in [3.63, 3.8) is 0 Å². The smallest absolute Gasteiger partial charge is 0 e. The van der Waals surface area contributed by atoms with Crippen molar-refractivity contribution in [3.05, 3.63) is 0 Å². The maximum absolute atomic E-state index is 0. The zero-order valence-corrected chi connectivity index (χ0v) is 17.6. The Morgan fingerprint density at radius 1 is 0.105 bits per heavy atom. The molecule has 6 radical (unpaired) electrons. The average molecular weight is 540 g/mol. The van der Waals surface area contributed by atoms with Gasteiger partial charge in [0, 0.05) is 111 Å². The van der Waals surface area contributed by atoms with Crippen molar-refractivity contribution in [3.8, 4) is 0 Å². The summed E-state index contributed by atoms with van der Waals surface area (Å²) in [5.74, 6) is 0. The monoisotopic (exact) mass is 540 g/mol. The van der Waals surface area contributed by atoms with Crippen LogP contribution in [0, 0.1) is 0 Å². The molecule has 0 atom stereocenters. The Hall–Kier alpha value is 2.99. The van der Waals surface area contributed by atoms with Gasteiger partial charge in [-0.25, -0.2) is 0 Å². The van der Waals surface area contributed by atoms with Crippen LogP contribution in [0.5, 0.6) is 0 Å². The van der Waals surface area contributed by atoms with E-state index in [4.69, 9.17) is 0 Å². The minimum Gasteiger partial charge on any atom is -0.412 e. The first-order valence-corrected chi connectivity index (χ1v) is 0. The molecule has 134 valence electrons. The Balaban J connectivity index is 0. The number of hydrogen-bond acceptors (Lipinski definition) is 0. The summed E-state index contributed by atoms with van der Waals surface area (Å²) in [4.78, 5) is 0. The largest absolute Gasteiger partial charge is 0.412 e. The van der Waals surface area contributed by atoms with Crippen LogP contribution in [0.25, 0.3) is 0 Å². The summed E-state index contributed by atoms with van der Waals surface area (Å²) < 4.78 is 0. The Morgan fingerprint density at radius 3 is 0.105 bits per heavy atom. The Labute approximate surface area is 181 Å². The minimum atomic E-state index is 0. The quantitative estimate of drug-likeness (QED) is 0.276. The zero-order chi connectivity index (χ0) is 0. The van der Waals surface area contributed by atoms with Gasteiger partial charge in [-0.2, -0.15) is 0 Å². The maximum atomic E-state index is 0. The van der Waals surface area contributed by atoms with Gasteiger partial charge in [0.05, 0.1) is 0 Å². The van der Waals surface area contributed by atoms with Crippen LogP contribution in [-0.4, -0.2) is 71.2 Å². The van der Waals surface area contributed by atoms with E-state index in [0.29, 0.717) is 0 Å². The van der Waals surface area contributed by atoms with Crippen LogP contribution < -0.4 is 0 Å². The summed E-state index contributed by atoms with van der Waals surface area (Å²) in [6.45, 7) is 0. The molecule has 0 aliphatic heterocycles. The topological polar surface area (TPSA) is 410 Å². The average Bonchev–Trinajstić information content (AvgIpc) is 0. The minimum absolute atomic E-state index is 0. The summed E-state index contributed by atoms with van der Waals surface area (Å²) in [6, 6.07) is 0. The van der Waals surface area contributed by atoms with E-state index in [2.05, 4.69) is 0 Å². The second-order valence-electron chi connectivity index (χ2n) is 0. The first-order chi connectivity index (χ1) is 0. The fraction of sp³-hybridized carbons (Fsp3) is 0.